The maximum absolute atomic E-state index is 12.6. The molecule has 1 aliphatic heterocycles. The van der Waals surface area contributed by atoms with E-state index in [0.29, 0.717) is 41.7 Å². The van der Waals surface area contributed by atoms with E-state index in [2.05, 4.69) is 14.9 Å². The van der Waals surface area contributed by atoms with Crippen molar-refractivity contribution in [2.75, 3.05) is 6.54 Å². The predicted octanol–water partition coefficient (Wildman–Crippen LogP) is 4.50. The molecule has 0 unspecified atom stereocenters. The topological polar surface area (TPSA) is 75.3 Å². The van der Waals surface area contributed by atoms with Crippen molar-refractivity contribution in [1.29, 1.82) is 0 Å². The van der Waals surface area contributed by atoms with Crippen LogP contribution in [0.25, 0.3) is 22.9 Å². The number of benzene rings is 1. The maximum atomic E-state index is 12.6. The molecule has 146 valence electrons. The third kappa shape index (κ3) is 3.52. The van der Waals surface area contributed by atoms with E-state index in [1.165, 1.54) is 0 Å². The lowest BCUT2D eigenvalue weighted by Crippen LogP contribution is -2.35. The molecule has 0 atom stereocenters. The summed E-state index contributed by atoms with van der Waals surface area (Å²) in [7, 11) is 0. The Morgan fingerprint density at radius 2 is 2.00 bits per heavy atom. The lowest BCUT2D eigenvalue weighted by Gasteiger charge is -2.26. The molecule has 1 aliphatic rings. The summed E-state index contributed by atoms with van der Waals surface area (Å²) in [5.74, 6) is 2.61. The van der Waals surface area contributed by atoms with Gasteiger partial charge in [0, 0.05) is 25.1 Å². The maximum Gasteiger partial charge on any atom is 0.256 e. The van der Waals surface area contributed by atoms with E-state index in [-0.39, 0.29) is 5.56 Å². The van der Waals surface area contributed by atoms with Gasteiger partial charge in [-0.25, -0.2) is 4.98 Å². The van der Waals surface area contributed by atoms with Gasteiger partial charge in [-0.2, -0.15) is 0 Å². The average Bonchev–Trinajstić information content (AvgIpc) is 3.41. The van der Waals surface area contributed by atoms with Crippen LogP contribution in [0.2, 0.25) is 5.02 Å². The molecule has 4 heterocycles. The molecule has 7 heteroatoms. The Balaban J connectivity index is 1.34. The second-order valence-electron chi connectivity index (χ2n) is 7.02. The van der Waals surface area contributed by atoms with Crippen LogP contribution in [0.4, 0.5) is 0 Å². The van der Waals surface area contributed by atoms with Gasteiger partial charge in [0.15, 0.2) is 11.6 Å². The van der Waals surface area contributed by atoms with Crippen LogP contribution in [0.1, 0.15) is 17.0 Å². The first kappa shape index (κ1) is 18.0. The average molecular weight is 408 g/mol. The predicted molar refractivity (Wildman–Crippen MR) is 110 cm³/mol. The summed E-state index contributed by atoms with van der Waals surface area (Å²) in [4.78, 5) is 22.2. The molecule has 5 rings (SSSR count). The van der Waals surface area contributed by atoms with E-state index in [1.807, 2.05) is 36.4 Å². The van der Waals surface area contributed by atoms with Gasteiger partial charge in [0.2, 0.25) is 0 Å². The highest BCUT2D eigenvalue weighted by atomic mass is 35.5. The molecule has 0 radical (unpaired) electrons. The van der Waals surface area contributed by atoms with Crippen molar-refractivity contribution >= 4 is 11.6 Å². The Kier molecular flexibility index (Phi) is 4.58. The number of hydrogen-bond acceptors (Lipinski definition) is 5. The summed E-state index contributed by atoms with van der Waals surface area (Å²) < 4.78 is 11.3. The van der Waals surface area contributed by atoms with E-state index in [1.54, 1.807) is 18.4 Å². The monoisotopic (exact) mass is 407 g/mol. The molecular weight excluding hydrogens is 390 g/mol. The lowest BCUT2D eigenvalue weighted by molar-refractivity contribution is 0.223. The fourth-order valence-electron chi connectivity index (χ4n) is 3.63. The van der Waals surface area contributed by atoms with Crippen molar-refractivity contribution in [2.45, 2.75) is 19.5 Å². The minimum Gasteiger partial charge on any atom is -0.461 e. The van der Waals surface area contributed by atoms with Crippen molar-refractivity contribution in [3.63, 3.8) is 0 Å². The molecule has 29 heavy (non-hydrogen) atoms. The fraction of sp³-hybridized carbons (Fsp3) is 0.182. The molecule has 0 bridgehead atoms. The summed E-state index contributed by atoms with van der Waals surface area (Å²) in [6.45, 7) is 1.94. The van der Waals surface area contributed by atoms with E-state index < -0.39 is 0 Å². The number of fused-ring (bicyclic) bond motifs is 1. The third-order valence-electron chi connectivity index (χ3n) is 5.08. The smallest absolute Gasteiger partial charge is 0.256 e. The number of halogens is 1. The Hall–Kier alpha value is -3.09. The van der Waals surface area contributed by atoms with Crippen LogP contribution >= 0.6 is 11.6 Å². The molecule has 0 spiro atoms. The van der Waals surface area contributed by atoms with E-state index in [0.717, 1.165) is 29.3 Å². The molecule has 1 aromatic carbocycles. The van der Waals surface area contributed by atoms with Gasteiger partial charge in [-0.05, 0) is 36.4 Å². The number of aromatic nitrogens is 2. The molecule has 0 saturated heterocycles. The third-order valence-corrected chi connectivity index (χ3v) is 5.41. The van der Waals surface area contributed by atoms with Crippen molar-refractivity contribution in [3.05, 3.63) is 87.2 Å². The number of nitrogens with zero attached hydrogens (tertiary/aromatic N) is 2. The SMILES string of the molecule is O=c1[nH]c(-c2ccco2)nc2c1CN(Cc1ccc(-c3ccccc3Cl)o1)CC2. The number of rotatable bonds is 4. The molecule has 0 amide bonds. The van der Waals surface area contributed by atoms with Gasteiger partial charge < -0.3 is 13.8 Å². The summed E-state index contributed by atoms with van der Waals surface area (Å²) in [5, 5.41) is 0.658. The van der Waals surface area contributed by atoms with Crippen LogP contribution in [0, 0.1) is 0 Å². The standard InChI is InChI=1S/C22H18ClN3O3/c23-17-5-2-1-4-15(17)19-8-7-14(29-19)12-26-10-9-18-16(13-26)22(27)25-21(24-18)20-6-3-11-28-20/h1-8,11H,9-10,12-13H2,(H,24,25,27). The van der Waals surface area contributed by atoms with E-state index in [4.69, 9.17) is 20.4 Å². The first-order valence-corrected chi connectivity index (χ1v) is 9.77. The van der Waals surface area contributed by atoms with Gasteiger partial charge >= 0.3 is 0 Å². The normalized spacial score (nSPS) is 14.1. The molecule has 6 nitrogen and oxygen atoms in total. The number of furan rings is 2. The summed E-state index contributed by atoms with van der Waals surface area (Å²) in [6.07, 6.45) is 2.27. The quantitative estimate of drug-likeness (QED) is 0.539. The molecular formula is C22H18ClN3O3. The van der Waals surface area contributed by atoms with E-state index >= 15 is 0 Å². The zero-order chi connectivity index (χ0) is 19.8. The van der Waals surface area contributed by atoms with Crippen LogP contribution in [0.5, 0.6) is 0 Å². The first-order valence-electron chi connectivity index (χ1n) is 9.39. The molecule has 0 aliphatic carbocycles. The van der Waals surface area contributed by atoms with Crippen molar-refractivity contribution in [2.24, 2.45) is 0 Å². The molecule has 0 saturated carbocycles. The largest absolute Gasteiger partial charge is 0.461 e. The molecule has 1 N–H and O–H groups in total. The second kappa shape index (κ2) is 7.39. The lowest BCUT2D eigenvalue weighted by atomic mass is 10.1. The number of H-pyrrole nitrogens is 1. The zero-order valence-electron chi connectivity index (χ0n) is 15.5. The van der Waals surface area contributed by atoms with Crippen LogP contribution in [0.3, 0.4) is 0 Å². The van der Waals surface area contributed by atoms with Crippen molar-refractivity contribution < 1.29 is 8.83 Å². The van der Waals surface area contributed by atoms with Gasteiger partial charge in [-0.3, -0.25) is 9.69 Å². The fourth-order valence-corrected chi connectivity index (χ4v) is 3.86. The zero-order valence-corrected chi connectivity index (χ0v) is 16.3. The molecule has 0 fully saturated rings. The summed E-state index contributed by atoms with van der Waals surface area (Å²) in [5.41, 5.74) is 2.27. The molecule has 3 aromatic heterocycles. The summed E-state index contributed by atoms with van der Waals surface area (Å²) >= 11 is 6.26. The first-order chi connectivity index (χ1) is 14.2. The van der Waals surface area contributed by atoms with Gasteiger partial charge in [-0.1, -0.05) is 23.7 Å². The van der Waals surface area contributed by atoms with Gasteiger partial charge in [-0.15, -0.1) is 0 Å². The van der Waals surface area contributed by atoms with Gasteiger partial charge in [0.05, 0.1) is 29.1 Å². The summed E-state index contributed by atoms with van der Waals surface area (Å²) in [6, 6.07) is 15.0. The number of nitrogens with one attached hydrogen (secondary N) is 1. The van der Waals surface area contributed by atoms with Crippen LogP contribution in [-0.2, 0) is 19.5 Å². The minimum atomic E-state index is -0.123. The van der Waals surface area contributed by atoms with Crippen LogP contribution in [-0.4, -0.2) is 21.4 Å². The second-order valence-corrected chi connectivity index (χ2v) is 7.43. The van der Waals surface area contributed by atoms with E-state index in [9.17, 15) is 4.79 Å². The van der Waals surface area contributed by atoms with Gasteiger partial charge in [0.1, 0.15) is 11.5 Å². The minimum absolute atomic E-state index is 0.123. The Morgan fingerprint density at radius 1 is 1.10 bits per heavy atom. The molecule has 4 aromatic rings. The Labute approximate surface area is 171 Å². The number of aromatic amines is 1. The highest BCUT2D eigenvalue weighted by molar-refractivity contribution is 6.33. The highest BCUT2D eigenvalue weighted by Gasteiger charge is 2.23. The van der Waals surface area contributed by atoms with Crippen molar-refractivity contribution in [3.8, 4) is 22.9 Å². The van der Waals surface area contributed by atoms with Crippen LogP contribution < -0.4 is 5.56 Å². The van der Waals surface area contributed by atoms with Gasteiger partial charge in [0.25, 0.3) is 5.56 Å². The Bertz CT molecular complexity index is 1210. The highest BCUT2D eigenvalue weighted by Crippen LogP contribution is 2.30. The Morgan fingerprint density at radius 3 is 2.83 bits per heavy atom. The number of hydrogen-bond donors (Lipinski definition) is 1. The van der Waals surface area contributed by atoms with Crippen LogP contribution in [0.15, 0.2) is 68.4 Å². The van der Waals surface area contributed by atoms with Crippen molar-refractivity contribution in [1.82, 2.24) is 14.9 Å².